The summed E-state index contributed by atoms with van der Waals surface area (Å²) in [5.41, 5.74) is -0.432. The van der Waals surface area contributed by atoms with Crippen molar-refractivity contribution >= 4 is 11.7 Å². The average molecular weight is 313 g/mol. The molecule has 1 heterocycles. The van der Waals surface area contributed by atoms with E-state index in [-0.39, 0.29) is 37.3 Å². The summed E-state index contributed by atoms with van der Waals surface area (Å²) in [4.78, 5) is 24.9. The summed E-state index contributed by atoms with van der Waals surface area (Å²) in [6.45, 7) is 0.0741. The Hall–Kier alpha value is -2.05. The van der Waals surface area contributed by atoms with Gasteiger partial charge in [0, 0.05) is 24.3 Å². The van der Waals surface area contributed by atoms with E-state index in [9.17, 15) is 22.8 Å². The van der Waals surface area contributed by atoms with Gasteiger partial charge < -0.3 is 9.64 Å². The molecule has 3 rings (SSSR count). The van der Waals surface area contributed by atoms with E-state index in [1.807, 2.05) is 0 Å². The zero-order valence-electron chi connectivity index (χ0n) is 11.7. The molecule has 0 radical (unpaired) electrons. The summed E-state index contributed by atoms with van der Waals surface area (Å²) in [6.07, 6.45) is -3.33. The highest BCUT2D eigenvalue weighted by Crippen LogP contribution is 2.35. The lowest BCUT2D eigenvalue weighted by Crippen LogP contribution is -2.40. The van der Waals surface area contributed by atoms with E-state index in [0.717, 1.165) is 12.1 Å². The van der Waals surface area contributed by atoms with Crippen LogP contribution in [-0.2, 0) is 22.3 Å². The maximum absolute atomic E-state index is 12.7. The van der Waals surface area contributed by atoms with Gasteiger partial charge in [-0.05, 0) is 24.6 Å². The van der Waals surface area contributed by atoms with E-state index in [1.165, 1.54) is 11.0 Å². The molecule has 22 heavy (non-hydrogen) atoms. The molecule has 0 bridgehead atoms. The second-order valence-electron chi connectivity index (χ2n) is 5.61. The quantitative estimate of drug-likeness (QED) is 0.801. The minimum atomic E-state index is -4.43. The number of amides is 1. The zero-order valence-corrected chi connectivity index (χ0v) is 11.7. The van der Waals surface area contributed by atoms with Crippen LogP contribution in [0, 0.1) is 5.92 Å². The maximum Gasteiger partial charge on any atom is 0.416 e. The average Bonchev–Trinajstić information content (AvgIpc) is 2.91. The Balaban J connectivity index is 1.78. The van der Waals surface area contributed by atoms with Crippen molar-refractivity contribution in [2.75, 3.05) is 6.73 Å². The first-order valence-electron chi connectivity index (χ1n) is 6.98. The smallest absolute Gasteiger partial charge is 0.416 e. The van der Waals surface area contributed by atoms with Crippen molar-refractivity contribution in [1.82, 2.24) is 4.90 Å². The second-order valence-corrected chi connectivity index (χ2v) is 5.61. The molecule has 1 saturated carbocycles. The Labute approximate surface area is 124 Å². The Morgan fingerprint density at radius 3 is 2.73 bits per heavy atom. The fraction of sp³-hybridized carbons (Fsp3) is 0.467. The van der Waals surface area contributed by atoms with Gasteiger partial charge in [-0.15, -0.1) is 0 Å². The summed E-state index contributed by atoms with van der Waals surface area (Å²) in [7, 11) is 0. The molecule has 0 saturated heterocycles. The number of hydrogen-bond acceptors (Lipinski definition) is 3. The number of fused-ring (bicyclic) bond motifs is 1. The third-order valence-electron chi connectivity index (χ3n) is 4.03. The van der Waals surface area contributed by atoms with Gasteiger partial charge in [-0.25, -0.2) is 0 Å². The first-order valence-corrected chi connectivity index (χ1v) is 6.98. The predicted octanol–water partition coefficient (Wildman–Crippen LogP) is 2.75. The number of hydrogen-bond donors (Lipinski definition) is 0. The number of ketones is 1. The van der Waals surface area contributed by atoms with Gasteiger partial charge in [0.05, 0.1) is 12.1 Å². The van der Waals surface area contributed by atoms with E-state index < -0.39 is 11.7 Å². The van der Waals surface area contributed by atoms with Crippen molar-refractivity contribution in [3.05, 3.63) is 29.3 Å². The zero-order chi connectivity index (χ0) is 15.9. The Bertz CT molecular complexity index is 627. The van der Waals surface area contributed by atoms with Crippen molar-refractivity contribution in [1.29, 1.82) is 0 Å². The third-order valence-corrected chi connectivity index (χ3v) is 4.03. The molecule has 1 fully saturated rings. The van der Waals surface area contributed by atoms with Crippen LogP contribution in [-0.4, -0.2) is 23.3 Å². The second kappa shape index (κ2) is 5.30. The normalized spacial score (nSPS) is 21.5. The van der Waals surface area contributed by atoms with Crippen molar-refractivity contribution < 1.29 is 27.5 Å². The Morgan fingerprint density at radius 1 is 1.32 bits per heavy atom. The van der Waals surface area contributed by atoms with Gasteiger partial charge in [0.15, 0.2) is 6.73 Å². The van der Waals surface area contributed by atoms with Crippen LogP contribution in [0.4, 0.5) is 13.2 Å². The minimum Gasteiger partial charge on any atom is -0.473 e. The van der Waals surface area contributed by atoms with Crippen molar-refractivity contribution in [2.45, 2.75) is 32.0 Å². The molecule has 1 aromatic carbocycles. The van der Waals surface area contributed by atoms with Crippen molar-refractivity contribution in [2.24, 2.45) is 5.92 Å². The molecular formula is C15H14F3NO3. The highest BCUT2D eigenvalue weighted by Gasteiger charge is 2.35. The number of alkyl halides is 3. The summed E-state index contributed by atoms with van der Waals surface area (Å²) < 4.78 is 43.6. The topological polar surface area (TPSA) is 46.6 Å². The third kappa shape index (κ3) is 2.80. The van der Waals surface area contributed by atoms with Gasteiger partial charge in [-0.2, -0.15) is 13.2 Å². The van der Waals surface area contributed by atoms with Crippen LogP contribution in [0.3, 0.4) is 0 Å². The molecule has 1 atom stereocenters. The molecule has 0 spiro atoms. The number of halogens is 3. The number of nitrogens with zero attached hydrogens (tertiary/aromatic N) is 1. The molecule has 1 aromatic rings. The van der Waals surface area contributed by atoms with Gasteiger partial charge in [0.25, 0.3) is 0 Å². The number of rotatable bonds is 1. The van der Waals surface area contributed by atoms with Crippen LogP contribution < -0.4 is 4.74 Å². The van der Waals surface area contributed by atoms with Crippen LogP contribution in [0.25, 0.3) is 0 Å². The van der Waals surface area contributed by atoms with E-state index in [4.69, 9.17) is 4.74 Å². The van der Waals surface area contributed by atoms with E-state index >= 15 is 0 Å². The summed E-state index contributed by atoms with van der Waals surface area (Å²) >= 11 is 0. The Morgan fingerprint density at radius 2 is 2.09 bits per heavy atom. The number of carbonyl (C=O) groups is 2. The molecule has 0 aromatic heterocycles. The van der Waals surface area contributed by atoms with Crippen LogP contribution in [0.5, 0.6) is 5.75 Å². The first kappa shape index (κ1) is 14.9. The monoisotopic (exact) mass is 313 g/mol. The molecule has 0 N–H and O–H groups in total. The molecule has 4 nitrogen and oxygen atoms in total. The lowest BCUT2D eigenvalue weighted by Gasteiger charge is -2.31. The number of benzene rings is 1. The fourth-order valence-corrected chi connectivity index (χ4v) is 2.84. The highest BCUT2D eigenvalue weighted by molar-refractivity contribution is 5.90. The van der Waals surface area contributed by atoms with Gasteiger partial charge in [-0.3, -0.25) is 9.59 Å². The van der Waals surface area contributed by atoms with E-state index in [0.29, 0.717) is 24.2 Å². The van der Waals surface area contributed by atoms with Crippen LogP contribution in [0.15, 0.2) is 18.2 Å². The standard InChI is InChI=1S/C15H14F3NO3/c16-15(17,18)11-2-4-13-10(5-11)7-19(8-22-13)14(21)9-1-3-12(20)6-9/h2,4-5,9H,1,3,6-8H2. The largest absolute Gasteiger partial charge is 0.473 e. The van der Waals surface area contributed by atoms with Crippen LogP contribution in [0.2, 0.25) is 0 Å². The molecule has 118 valence electrons. The van der Waals surface area contributed by atoms with Crippen molar-refractivity contribution in [3.63, 3.8) is 0 Å². The number of carbonyl (C=O) groups excluding carboxylic acids is 2. The molecule has 1 aliphatic heterocycles. The van der Waals surface area contributed by atoms with Crippen LogP contribution >= 0.6 is 0 Å². The lowest BCUT2D eigenvalue weighted by atomic mass is 10.0. The summed E-state index contributed by atoms with van der Waals surface area (Å²) in [6, 6.07) is 3.25. The molecule has 1 unspecified atom stereocenters. The fourth-order valence-electron chi connectivity index (χ4n) is 2.84. The van der Waals surface area contributed by atoms with Crippen molar-refractivity contribution in [3.8, 4) is 5.75 Å². The summed E-state index contributed by atoms with van der Waals surface area (Å²) in [5.74, 6) is -0.187. The van der Waals surface area contributed by atoms with E-state index in [1.54, 1.807) is 0 Å². The van der Waals surface area contributed by atoms with Gasteiger partial charge in [0.1, 0.15) is 11.5 Å². The van der Waals surface area contributed by atoms with Gasteiger partial charge >= 0.3 is 6.18 Å². The predicted molar refractivity (Wildman–Crippen MR) is 69.8 cm³/mol. The van der Waals surface area contributed by atoms with Gasteiger partial charge in [0.2, 0.25) is 5.91 Å². The van der Waals surface area contributed by atoms with Gasteiger partial charge in [-0.1, -0.05) is 0 Å². The van der Waals surface area contributed by atoms with E-state index in [2.05, 4.69) is 0 Å². The lowest BCUT2D eigenvalue weighted by molar-refractivity contribution is -0.140. The molecule has 1 amide bonds. The molecular weight excluding hydrogens is 299 g/mol. The summed E-state index contributed by atoms with van der Waals surface area (Å²) in [5, 5.41) is 0. The Kier molecular flexibility index (Phi) is 3.58. The maximum atomic E-state index is 12.7. The molecule has 1 aliphatic carbocycles. The molecule has 7 heteroatoms. The highest BCUT2D eigenvalue weighted by atomic mass is 19.4. The molecule has 2 aliphatic rings. The first-order chi connectivity index (χ1) is 10.3. The number of Topliss-reactive ketones (excluding diaryl/α,β-unsaturated/α-hetero) is 1. The van der Waals surface area contributed by atoms with Crippen LogP contribution in [0.1, 0.15) is 30.4 Å². The SMILES string of the molecule is O=C1CCC(C(=O)N2COc3ccc(C(F)(F)F)cc3C2)C1. The minimum absolute atomic E-state index is 0.00187. The number of ether oxygens (including phenoxy) is 1.